The number of carbonyl (C=O) groups excluding carboxylic acids is 2. The van der Waals surface area contributed by atoms with E-state index in [1.807, 2.05) is 0 Å². The van der Waals surface area contributed by atoms with Crippen LogP contribution >= 0.6 is 12.4 Å². The van der Waals surface area contributed by atoms with Gasteiger partial charge in [0.05, 0.1) is 6.04 Å². The summed E-state index contributed by atoms with van der Waals surface area (Å²) < 4.78 is 4.89. The van der Waals surface area contributed by atoms with Gasteiger partial charge in [-0.05, 0) is 0 Å². The zero-order valence-corrected chi connectivity index (χ0v) is 10.3. The molecule has 0 aromatic heterocycles. The number of methoxy groups -OCH3 is 1. The number of halogens is 1. The highest BCUT2D eigenvalue weighted by Crippen LogP contribution is 2.08. The van der Waals surface area contributed by atoms with Gasteiger partial charge in [-0.15, -0.1) is 12.4 Å². The quantitative estimate of drug-likeness (QED) is 0.653. The van der Waals surface area contributed by atoms with Gasteiger partial charge in [-0.1, -0.05) is 0 Å². The molecule has 1 aliphatic heterocycles. The van der Waals surface area contributed by atoms with Crippen molar-refractivity contribution >= 4 is 24.2 Å². The van der Waals surface area contributed by atoms with E-state index in [4.69, 9.17) is 10.5 Å². The third kappa shape index (κ3) is 3.62. The number of carbonyl (C=O) groups is 2. The van der Waals surface area contributed by atoms with E-state index in [1.165, 1.54) is 7.11 Å². The average Bonchev–Trinajstić information content (AvgIpc) is 2.47. The van der Waals surface area contributed by atoms with Crippen LogP contribution in [0, 0.1) is 0 Å². The van der Waals surface area contributed by atoms with Crippen molar-refractivity contribution in [2.24, 2.45) is 5.73 Å². The van der Waals surface area contributed by atoms with Gasteiger partial charge < -0.3 is 20.7 Å². The highest BCUT2D eigenvalue weighted by Gasteiger charge is 2.29. The SMILES string of the molecule is COC(CN)C(=O)NC1CC(=O)N(C)C1.Cl. The maximum absolute atomic E-state index is 11.5. The second-order valence-corrected chi connectivity index (χ2v) is 3.64. The highest BCUT2D eigenvalue weighted by molar-refractivity contribution is 5.85. The summed E-state index contributed by atoms with van der Waals surface area (Å²) in [6, 6.07) is -0.126. The normalized spacial score (nSPS) is 21.6. The molecule has 7 heteroatoms. The lowest BCUT2D eigenvalue weighted by atomic mass is 10.2. The molecule has 1 saturated heterocycles. The Kier molecular flexibility index (Phi) is 6.32. The second kappa shape index (κ2) is 6.67. The Balaban J connectivity index is 0.00000225. The van der Waals surface area contributed by atoms with E-state index in [9.17, 15) is 9.59 Å². The van der Waals surface area contributed by atoms with E-state index in [0.717, 1.165) is 0 Å². The fraction of sp³-hybridized carbons (Fsp3) is 0.778. The molecular formula is C9H18ClN3O3. The number of hydrogen-bond acceptors (Lipinski definition) is 4. The first-order chi connectivity index (χ1) is 7.08. The summed E-state index contributed by atoms with van der Waals surface area (Å²) >= 11 is 0. The lowest BCUT2D eigenvalue weighted by Gasteiger charge is -2.16. The van der Waals surface area contributed by atoms with Gasteiger partial charge in [0.2, 0.25) is 5.91 Å². The molecule has 1 heterocycles. The molecule has 0 saturated carbocycles. The molecule has 0 aliphatic carbocycles. The molecule has 0 spiro atoms. The Labute approximate surface area is 101 Å². The number of likely N-dealkylation sites (N-methyl/N-ethyl adjacent to an activating group) is 1. The number of rotatable bonds is 4. The Morgan fingerprint density at radius 3 is 2.75 bits per heavy atom. The predicted molar refractivity (Wildman–Crippen MR) is 61.3 cm³/mol. The molecule has 2 amide bonds. The fourth-order valence-electron chi connectivity index (χ4n) is 1.56. The van der Waals surface area contributed by atoms with Crippen molar-refractivity contribution < 1.29 is 14.3 Å². The number of nitrogens with zero attached hydrogens (tertiary/aromatic N) is 1. The van der Waals surface area contributed by atoms with E-state index in [2.05, 4.69) is 5.32 Å². The van der Waals surface area contributed by atoms with Crippen LogP contribution in [0.15, 0.2) is 0 Å². The molecule has 16 heavy (non-hydrogen) atoms. The van der Waals surface area contributed by atoms with E-state index in [1.54, 1.807) is 11.9 Å². The molecule has 2 atom stereocenters. The van der Waals surface area contributed by atoms with Crippen LogP contribution in [0.3, 0.4) is 0 Å². The topological polar surface area (TPSA) is 84.7 Å². The highest BCUT2D eigenvalue weighted by atomic mass is 35.5. The number of nitrogens with two attached hydrogens (primary N) is 1. The van der Waals surface area contributed by atoms with E-state index >= 15 is 0 Å². The Morgan fingerprint density at radius 2 is 2.38 bits per heavy atom. The molecule has 0 bridgehead atoms. The van der Waals surface area contributed by atoms with Gasteiger partial charge >= 0.3 is 0 Å². The van der Waals surface area contributed by atoms with Crippen molar-refractivity contribution in [3.63, 3.8) is 0 Å². The first-order valence-corrected chi connectivity index (χ1v) is 4.85. The average molecular weight is 252 g/mol. The van der Waals surface area contributed by atoms with Crippen molar-refractivity contribution in [1.29, 1.82) is 0 Å². The van der Waals surface area contributed by atoms with Crippen molar-refractivity contribution in [2.45, 2.75) is 18.6 Å². The predicted octanol–water partition coefficient (Wildman–Crippen LogP) is -1.27. The summed E-state index contributed by atoms with van der Waals surface area (Å²) in [7, 11) is 3.15. The number of hydrogen-bond donors (Lipinski definition) is 2. The molecule has 1 rings (SSSR count). The minimum atomic E-state index is -0.633. The summed E-state index contributed by atoms with van der Waals surface area (Å²) in [6.45, 7) is 0.685. The second-order valence-electron chi connectivity index (χ2n) is 3.64. The monoisotopic (exact) mass is 251 g/mol. The standard InChI is InChI=1S/C9H17N3O3.ClH/c1-12-5-6(3-8(12)13)11-9(14)7(4-10)15-2;/h6-7H,3-5,10H2,1-2H3,(H,11,14);1H. The Bertz CT molecular complexity index is 258. The van der Waals surface area contributed by atoms with Crippen LogP contribution in [0.2, 0.25) is 0 Å². The van der Waals surface area contributed by atoms with E-state index in [0.29, 0.717) is 13.0 Å². The van der Waals surface area contributed by atoms with Crippen LogP contribution in [0.1, 0.15) is 6.42 Å². The molecule has 0 aromatic carbocycles. The summed E-state index contributed by atoms with van der Waals surface area (Å²) in [5, 5.41) is 2.74. The Hall–Kier alpha value is -0.850. The maximum Gasteiger partial charge on any atom is 0.250 e. The summed E-state index contributed by atoms with van der Waals surface area (Å²) in [4.78, 5) is 24.3. The van der Waals surface area contributed by atoms with Crippen molar-refractivity contribution in [2.75, 3.05) is 27.2 Å². The minimum absolute atomic E-state index is 0. The van der Waals surface area contributed by atoms with E-state index in [-0.39, 0.29) is 36.8 Å². The Morgan fingerprint density at radius 1 is 1.75 bits per heavy atom. The van der Waals surface area contributed by atoms with Gasteiger partial charge in [0.15, 0.2) is 0 Å². The molecule has 94 valence electrons. The van der Waals surface area contributed by atoms with Crippen LogP contribution in [0.25, 0.3) is 0 Å². The first kappa shape index (κ1) is 15.2. The van der Waals surface area contributed by atoms with Gasteiger partial charge in [0.1, 0.15) is 6.10 Å². The molecule has 6 nitrogen and oxygen atoms in total. The zero-order valence-electron chi connectivity index (χ0n) is 9.43. The van der Waals surface area contributed by atoms with Crippen molar-refractivity contribution in [1.82, 2.24) is 10.2 Å². The van der Waals surface area contributed by atoms with Crippen LogP contribution in [-0.2, 0) is 14.3 Å². The van der Waals surface area contributed by atoms with Crippen molar-refractivity contribution in [3.05, 3.63) is 0 Å². The van der Waals surface area contributed by atoms with Gasteiger partial charge in [0, 0.05) is 33.7 Å². The number of nitrogens with one attached hydrogen (secondary N) is 1. The summed E-state index contributed by atoms with van der Waals surface area (Å²) in [6.07, 6.45) is -0.283. The largest absolute Gasteiger partial charge is 0.370 e. The molecule has 2 unspecified atom stereocenters. The molecule has 1 fully saturated rings. The summed E-state index contributed by atoms with van der Waals surface area (Å²) in [5.41, 5.74) is 5.35. The number of ether oxygens (including phenoxy) is 1. The fourth-order valence-corrected chi connectivity index (χ4v) is 1.56. The van der Waals surface area contributed by atoms with Crippen LogP contribution < -0.4 is 11.1 Å². The number of amides is 2. The van der Waals surface area contributed by atoms with Crippen LogP contribution in [-0.4, -0.2) is 56.1 Å². The maximum atomic E-state index is 11.5. The summed E-state index contributed by atoms with van der Waals surface area (Å²) in [5.74, 6) is -0.213. The van der Waals surface area contributed by atoms with Gasteiger partial charge in [-0.2, -0.15) is 0 Å². The lowest BCUT2D eigenvalue weighted by molar-refractivity contribution is -0.131. The van der Waals surface area contributed by atoms with Gasteiger partial charge in [-0.3, -0.25) is 9.59 Å². The smallest absolute Gasteiger partial charge is 0.250 e. The van der Waals surface area contributed by atoms with Crippen molar-refractivity contribution in [3.8, 4) is 0 Å². The van der Waals surface area contributed by atoms with Crippen LogP contribution in [0.4, 0.5) is 0 Å². The van der Waals surface area contributed by atoms with Gasteiger partial charge in [-0.25, -0.2) is 0 Å². The molecular weight excluding hydrogens is 234 g/mol. The molecule has 0 aromatic rings. The number of likely N-dealkylation sites (tertiary alicyclic amines) is 1. The van der Waals surface area contributed by atoms with Gasteiger partial charge in [0.25, 0.3) is 5.91 Å². The van der Waals surface area contributed by atoms with Crippen LogP contribution in [0.5, 0.6) is 0 Å². The lowest BCUT2D eigenvalue weighted by Crippen LogP contribution is -2.45. The third-order valence-electron chi connectivity index (χ3n) is 2.48. The molecule has 1 aliphatic rings. The first-order valence-electron chi connectivity index (χ1n) is 4.85. The molecule has 0 radical (unpaired) electrons. The van der Waals surface area contributed by atoms with E-state index < -0.39 is 6.10 Å². The minimum Gasteiger partial charge on any atom is -0.370 e. The molecule has 3 N–H and O–H groups in total. The third-order valence-corrected chi connectivity index (χ3v) is 2.48. The zero-order chi connectivity index (χ0) is 11.4.